The summed E-state index contributed by atoms with van der Waals surface area (Å²) in [7, 11) is 1.41. The number of fused-ring (bicyclic) bond motifs is 1. The first-order valence-electron chi connectivity index (χ1n) is 13.7. The first-order valence-corrected chi connectivity index (χ1v) is 13.7. The molecule has 0 aliphatic heterocycles. The Morgan fingerprint density at radius 2 is 1.59 bits per heavy atom. The Hall–Kier alpha value is -4.48. The number of carbonyl (C=O) groups excluding carboxylic acids is 2. The maximum atomic E-state index is 13.3. The van der Waals surface area contributed by atoms with Gasteiger partial charge < -0.3 is 19.8 Å². The summed E-state index contributed by atoms with van der Waals surface area (Å²) in [6, 6.07) is 13.8. The number of rotatable bonds is 9. The number of furan rings is 1. The molecule has 2 aromatic carbocycles. The predicted octanol–water partition coefficient (Wildman–Crippen LogP) is 7.58. The van der Waals surface area contributed by atoms with Gasteiger partial charge in [-0.3, -0.25) is 9.59 Å². The maximum Gasteiger partial charge on any atom is 0.389 e. The highest BCUT2D eigenvalue weighted by Crippen LogP contribution is 2.38. The Labute approximate surface area is 250 Å². The van der Waals surface area contributed by atoms with E-state index in [9.17, 15) is 31.5 Å². The molecule has 2 aromatic heterocycles. The molecule has 0 saturated heterocycles. The summed E-state index contributed by atoms with van der Waals surface area (Å²) in [4.78, 5) is 30.4. The Morgan fingerprint density at radius 3 is 2.18 bits per heavy atom. The van der Waals surface area contributed by atoms with E-state index in [0.29, 0.717) is 22.3 Å². The van der Waals surface area contributed by atoms with Crippen molar-refractivity contribution in [2.75, 3.05) is 13.7 Å². The Bertz CT molecular complexity index is 1670. The minimum absolute atomic E-state index is 0.0629. The summed E-state index contributed by atoms with van der Waals surface area (Å²) in [5, 5.41) is 5.64. The topological polar surface area (TPSA) is 93.5 Å². The van der Waals surface area contributed by atoms with Crippen molar-refractivity contribution < 1.29 is 40.7 Å². The molecular weight excluding hydrogens is 585 g/mol. The van der Waals surface area contributed by atoms with Crippen LogP contribution in [0.25, 0.3) is 33.6 Å². The minimum Gasteiger partial charge on any atom is -0.487 e. The Balaban J connectivity index is 1.86. The van der Waals surface area contributed by atoms with Gasteiger partial charge >= 0.3 is 6.18 Å². The molecule has 0 aliphatic rings. The fourth-order valence-corrected chi connectivity index (χ4v) is 4.47. The molecule has 0 fully saturated rings. The van der Waals surface area contributed by atoms with Crippen LogP contribution in [0.1, 0.15) is 60.5 Å². The number of ether oxygens (including phenoxy) is 1. The highest BCUT2D eigenvalue weighted by molar-refractivity contribution is 6.11. The molecule has 4 aromatic rings. The van der Waals surface area contributed by atoms with Gasteiger partial charge in [0.15, 0.2) is 6.61 Å². The van der Waals surface area contributed by atoms with Gasteiger partial charge in [-0.05, 0) is 75.2 Å². The van der Waals surface area contributed by atoms with Gasteiger partial charge in [-0.1, -0.05) is 12.1 Å². The number of carbonyl (C=O) groups is 2. The number of hydrogen-bond acceptors (Lipinski definition) is 5. The van der Waals surface area contributed by atoms with E-state index >= 15 is 0 Å². The molecule has 12 heteroatoms. The molecule has 2 heterocycles. The average Bonchev–Trinajstić information content (AvgIpc) is 3.31. The second-order valence-corrected chi connectivity index (χ2v) is 11.5. The van der Waals surface area contributed by atoms with Gasteiger partial charge in [-0.25, -0.2) is 13.8 Å². The lowest BCUT2D eigenvalue weighted by atomic mass is 9.96. The molecule has 0 radical (unpaired) electrons. The van der Waals surface area contributed by atoms with Crippen molar-refractivity contribution in [2.24, 2.45) is 0 Å². The van der Waals surface area contributed by atoms with Crippen molar-refractivity contribution >= 4 is 22.9 Å². The zero-order valence-corrected chi connectivity index (χ0v) is 24.8. The lowest BCUT2D eigenvalue weighted by Crippen LogP contribution is -2.40. The molecule has 2 N–H and O–H groups in total. The first-order chi connectivity index (χ1) is 20.4. The van der Waals surface area contributed by atoms with Crippen molar-refractivity contribution in [3.05, 3.63) is 71.4 Å². The van der Waals surface area contributed by atoms with Gasteiger partial charge in [0.05, 0.1) is 16.6 Å². The highest BCUT2D eigenvalue weighted by atomic mass is 19.4. The lowest BCUT2D eigenvalue weighted by Gasteiger charge is -2.20. The van der Waals surface area contributed by atoms with E-state index in [1.165, 1.54) is 37.4 Å². The molecule has 4 rings (SSSR count). The van der Waals surface area contributed by atoms with Gasteiger partial charge in [0.1, 0.15) is 11.5 Å². The zero-order valence-electron chi connectivity index (χ0n) is 24.8. The molecule has 234 valence electrons. The molecule has 2 amide bonds. The lowest BCUT2D eigenvalue weighted by molar-refractivity contribution is -0.134. The van der Waals surface area contributed by atoms with Crippen LogP contribution in [-0.2, 0) is 6.42 Å². The number of alkyl halides is 5. The number of halogens is 5. The smallest absolute Gasteiger partial charge is 0.389 e. The van der Waals surface area contributed by atoms with E-state index < -0.39 is 43.0 Å². The number of nitrogens with zero attached hydrogens (tertiary/aromatic N) is 1. The summed E-state index contributed by atoms with van der Waals surface area (Å²) in [5.41, 5.74) is 0.967. The summed E-state index contributed by atoms with van der Waals surface area (Å²) in [6.45, 7) is 5.37. The number of aromatic nitrogens is 1. The molecule has 0 saturated carbocycles. The Morgan fingerprint density at radius 1 is 0.909 bits per heavy atom. The van der Waals surface area contributed by atoms with Gasteiger partial charge in [0, 0.05) is 42.6 Å². The van der Waals surface area contributed by atoms with Crippen LogP contribution >= 0.6 is 0 Å². The van der Waals surface area contributed by atoms with Crippen molar-refractivity contribution in [3.63, 3.8) is 0 Å². The molecule has 0 bridgehead atoms. The quantitative estimate of drug-likeness (QED) is 0.189. The van der Waals surface area contributed by atoms with Crippen LogP contribution in [0.2, 0.25) is 0 Å². The largest absolute Gasteiger partial charge is 0.487 e. The molecule has 0 spiro atoms. The first kappa shape index (κ1) is 32.4. The number of hydrogen-bond donors (Lipinski definition) is 2. The summed E-state index contributed by atoms with van der Waals surface area (Å²) < 4.78 is 77.4. The summed E-state index contributed by atoms with van der Waals surface area (Å²) >= 11 is 0. The van der Waals surface area contributed by atoms with Crippen LogP contribution in [0, 0.1) is 0 Å². The molecule has 0 atom stereocenters. The molecule has 44 heavy (non-hydrogen) atoms. The highest BCUT2D eigenvalue weighted by Gasteiger charge is 2.30. The SMILES string of the molecule is CNC(=O)c1c(-c2ccc(OCC(C)(F)F)cc2)oc2nc(CCC(F)(F)F)c(-c3cccc(C(=O)NC(C)(C)C)c3)cc12. The van der Waals surface area contributed by atoms with E-state index in [0.717, 1.165) is 6.92 Å². The molecular formula is C32H32F5N3O4. The molecule has 0 unspecified atom stereocenters. The van der Waals surface area contributed by atoms with E-state index in [-0.39, 0.29) is 39.8 Å². The summed E-state index contributed by atoms with van der Waals surface area (Å²) in [5.74, 6) is -3.70. The third-order valence-corrected chi connectivity index (χ3v) is 6.39. The number of aryl methyl sites for hydroxylation is 1. The Kier molecular flexibility index (Phi) is 9.03. The van der Waals surface area contributed by atoms with Crippen LogP contribution in [0.3, 0.4) is 0 Å². The number of pyridine rings is 1. The zero-order chi connectivity index (χ0) is 32.4. The number of nitrogens with one attached hydrogen (secondary N) is 2. The van der Waals surface area contributed by atoms with Crippen LogP contribution in [0.5, 0.6) is 5.75 Å². The third-order valence-electron chi connectivity index (χ3n) is 6.39. The standard InChI is InChI=1S/C32H32F5N3O4/c1-30(2,3)40-27(41)20-8-6-7-19(15-20)22-16-23-25(28(42)38-5)26(44-29(23)39-24(22)13-14-32(35,36)37)18-9-11-21(12-10-18)43-17-31(4,33)34/h6-12,15-16H,13-14,17H2,1-5H3,(H,38,42)(H,40,41). The molecule has 7 nitrogen and oxygen atoms in total. The predicted molar refractivity (Wildman–Crippen MR) is 156 cm³/mol. The van der Waals surface area contributed by atoms with E-state index in [1.54, 1.807) is 24.3 Å². The second-order valence-electron chi connectivity index (χ2n) is 11.5. The van der Waals surface area contributed by atoms with E-state index in [1.807, 2.05) is 20.8 Å². The van der Waals surface area contributed by atoms with Crippen molar-refractivity contribution in [1.29, 1.82) is 0 Å². The van der Waals surface area contributed by atoms with Gasteiger partial charge in [0.25, 0.3) is 17.7 Å². The van der Waals surface area contributed by atoms with Crippen LogP contribution in [0.4, 0.5) is 22.0 Å². The third kappa shape index (κ3) is 8.12. The number of amides is 2. The van der Waals surface area contributed by atoms with E-state index in [4.69, 9.17) is 9.15 Å². The van der Waals surface area contributed by atoms with Crippen molar-refractivity contribution in [2.45, 2.75) is 58.2 Å². The van der Waals surface area contributed by atoms with Gasteiger partial charge in [-0.15, -0.1) is 0 Å². The normalized spacial score (nSPS) is 12.3. The van der Waals surface area contributed by atoms with Crippen LogP contribution in [0.15, 0.2) is 59.0 Å². The van der Waals surface area contributed by atoms with Gasteiger partial charge in [-0.2, -0.15) is 13.2 Å². The number of benzene rings is 2. The maximum absolute atomic E-state index is 13.3. The van der Waals surface area contributed by atoms with Crippen LogP contribution < -0.4 is 15.4 Å². The molecule has 0 aliphatic carbocycles. The second kappa shape index (κ2) is 12.3. The van der Waals surface area contributed by atoms with Gasteiger partial charge in [0.2, 0.25) is 5.71 Å². The fourth-order valence-electron chi connectivity index (χ4n) is 4.47. The van der Waals surface area contributed by atoms with Crippen molar-refractivity contribution in [1.82, 2.24) is 15.6 Å². The van der Waals surface area contributed by atoms with Crippen LogP contribution in [-0.4, -0.2) is 48.1 Å². The minimum atomic E-state index is -4.46. The summed E-state index contributed by atoms with van der Waals surface area (Å²) in [6.07, 6.45) is -6.10. The van der Waals surface area contributed by atoms with Crippen molar-refractivity contribution in [3.8, 4) is 28.2 Å². The monoisotopic (exact) mass is 617 g/mol. The fraction of sp³-hybridized carbons (Fsp3) is 0.344. The van der Waals surface area contributed by atoms with E-state index in [2.05, 4.69) is 15.6 Å². The average molecular weight is 618 g/mol.